The van der Waals surface area contributed by atoms with Crippen LogP contribution in [0.3, 0.4) is 0 Å². The van der Waals surface area contributed by atoms with Gasteiger partial charge in [0.15, 0.2) is 10.3 Å². The van der Waals surface area contributed by atoms with Crippen LogP contribution in [-0.4, -0.2) is 57.4 Å². The first-order chi connectivity index (χ1) is 18.5. The van der Waals surface area contributed by atoms with E-state index in [2.05, 4.69) is 44.6 Å². The highest BCUT2D eigenvalue weighted by molar-refractivity contribution is 7.99. The van der Waals surface area contributed by atoms with Crippen LogP contribution in [0, 0.1) is 0 Å². The summed E-state index contributed by atoms with van der Waals surface area (Å²) in [4.78, 5) is 20.6. The fraction of sp³-hybridized carbons (Fsp3) is 0.444. The Morgan fingerprint density at radius 3 is 2.66 bits per heavy atom. The molecule has 11 heteroatoms. The molecule has 1 aromatic carbocycles. The molecule has 0 radical (unpaired) electrons. The summed E-state index contributed by atoms with van der Waals surface area (Å²) in [5.41, 5.74) is 1.14. The summed E-state index contributed by atoms with van der Waals surface area (Å²) in [6.45, 7) is 5.32. The highest BCUT2D eigenvalue weighted by Crippen LogP contribution is 2.35. The van der Waals surface area contributed by atoms with Crippen LogP contribution >= 0.6 is 35.6 Å². The van der Waals surface area contributed by atoms with Gasteiger partial charge in [-0.2, -0.15) is 4.98 Å². The lowest BCUT2D eigenvalue weighted by molar-refractivity contribution is 0.0515. The monoisotopic (exact) mass is 569 g/mol. The molecule has 1 atom stereocenters. The van der Waals surface area contributed by atoms with E-state index in [1.807, 2.05) is 18.2 Å². The molecule has 2 fully saturated rings. The van der Waals surface area contributed by atoms with Crippen LogP contribution in [0.25, 0.3) is 0 Å². The highest BCUT2D eigenvalue weighted by atomic mass is 35.5. The van der Waals surface area contributed by atoms with Crippen LogP contribution in [-0.2, 0) is 10.2 Å². The minimum Gasteiger partial charge on any atom is -0.381 e. The number of halogens is 1. The lowest BCUT2D eigenvalue weighted by atomic mass is 9.74. The number of ether oxygens (including phenoxy) is 1. The van der Waals surface area contributed by atoms with E-state index >= 15 is 0 Å². The standard InChI is InChI=1S/C27H32ClN7OS2/c1-19-5-2-3-14-35(19)22-17-23(38-26-29-12-4-13-30-26)33-24(32-22)34-25(37)31-18-27(10-15-36-16-11-27)20-6-8-21(28)9-7-20/h4,6-9,12-13,17,19H,2-3,5,10-11,14-16,18H2,1H3,(H2,31,32,33,34,37)/t19-/m0/s1. The molecule has 5 rings (SSSR count). The maximum atomic E-state index is 6.16. The molecule has 8 nitrogen and oxygen atoms in total. The van der Waals surface area contributed by atoms with Crippen molar-refractivity contribution in [3.05, 3.63) is 59.4 Å². The van der Waals surface area contributed by atoms with Gasteiger partial charge >= 0.3 is 0 Å². The summed E-state index contributed by atoms with van der Waals surface area (Å²) >= 11 is 13.3. The third-order valence-electron chi connectivity index (χ3n) is 7.24. The summed E-state index contributed by atoms with van der Waals surface area (Å²) in [6, 6.07) is 12.3. The van der Waals surface area contributed by atoms with Gasteiger partial charge in [0, 0.05) is 61.2 Å². The van der Waals surface area contributed by atoms with Gasteiger partial charge in [0.2, 0.25) is 5.95 Å². The quantitative estimate of drug-likeness (QED) is 0.216. The van der Waals surface area contributed by atoms with Crippen LogP contribution in [0.2, 0.25) is 5.02 Å². The first kappa shape index (κ1) is 27.1. The SMILES string of the molecule is C[C@H]1CCCCN1c1cc(Sc2ncccn2)nc(NC(=S)NCC2(c3ccc(Cl)cc3)CCOCC2)n1. The maximum Gasteiger partial charge on any atom is 0.232 e. The van der Waals surface area contributed by atoms with Crippen molar-refractivity contribution < 1.29 is 4.74 Å². The van der Waals surface area contributed by atoms with Gasteiger partial charge in [-0.25, -0.2) is 15.0 Å². The lowest BCUT2D eigenvalue weighted by Crippen LogP contribution is -2.45. The number of anilines is 2. The lowest BCUT2D eigenvalue weighted by Gasteiger charge is -2.38. The Kier molecular flexibility index (Phi) is 8.93. The Labute approximate surface area is 238 Å². The number of aromatic nitrogens is 4. The number of hydrogen-bond acceptors (Lipinski definition) is 8. The van der Waals surface area contributed by atoms with Gasteiger partial charge in [-0.05, 0) is 86.8 Å². The maximum absolute atomic E-state index is 6.16. The molecular formula is C27H32ClN7OS2. The Morgan fingerprint density at radius 1 is 1.16 bits per heavy atom. The van der Waals surface area contributed by atoms with E-state index in [0.29, 0.717) is 42.0 Å². The largest absolute Gasteiger partial charge is 0.381 e. The molecule has 2 aliphatic rings. The van der Waals surface area contributed by atoms with Gasteiger partial charge in [-0.3, -0.25) is 0 Å². The van der Waals surface area contributed by atoms with E-state index in [4.69, 9.17) is 38.5 Å². The van der Waals surface area contributed by atoms with Gasteiger partial charge in [-0.15, -0.1) is 0 Å². The van der Waals surface area contributed by atoms with Crippen molar-refractivity contribution in [1.82, 2.24) is 25.3 Å². The van der Waals surface area contributed by atoms with Crippen LogP contribution < -0.4 is 15.5 Å². The van der Waals surface area contributed by atoms with E-state index in [1.54, 1.807) is 18.5 Å². The number of hydrogen-bond donors (Lipinski definition) is 2. The molecule has 2 saturated heterocycles. The fourth-order valence-electron chi connectivity index (χ4n) is 5.07. The summed E-state index contributed by atoms with van der Waals surface area (Å²) < 4.78 is 5.67. The van der Waals surface area contributed by atoms with Crippen molar-refractivity contribution in [2.24, 2.45) is 0 Å². The Morgan fingerprint density at radius 2 is 1.92 bits per heavy atom. The van der Waals surface area contributed by atoms with Crippen molar-refractivity contribution in [2.75, 3.05) is 36.5 Å². The van der Waals surface area contributed by atoms with Crippen LogP contribution in [0.1, 0.15) is 44.6 Å². The highest BCUT2D eigenvalue weighted by Gasteiger charge is 2.34. The average molecular weight is 570 g/mol. The number of rotatable bonds is 7. The molecule has 2 aliphatic heterocycles. The molecule has 200 valence electrons. The van der Waals surface area contributed by atoms with Gasteiger partial charge in [0.05, 0.1) is 0 Å². The zero-order valence-corrected chi connectivity index (χ0v) is 23.8. The summed E-state index contributed by atoms with van der Waals surface area (Å²) in [7, 11) is 0. The summed E-state index contributed by atoms with van der Waals surface area (Å²) in [5.74, 6) is 1.35. The molecule has 0 amide bonds. The zero-order chi connectivity index (χ0) is 26.4. The first-order valence-electron chi connectivity index (χ1n) is 13.0. The minimum absolute atomic E-state index is 0.0911. The molecule has 4 heterocycles. The minimum atomic E-state index is -0.0911. The number of benzene rings is 1. The molecule has 2 N–H and O–H groups in total. The van der Waals surface area contributed by atoms with Crippen LogP contribution in [0.5, 0.6) is 0 Å². The van der Waals surface area contributed by atoms with E-state index in [-0.39, 0.29) is 5.41 Å². The van der Waals surface area contributed by atoms with Crippen molar-refractivity contribution >= 4 is 52.5 Å². The molecule has 38 heavy (non-hydrogen) atoms. The molecule has 0 saturated carbocycles. The van der Waals surface area contributed by atoms with Crippen molar-refractivity contribution in [3.63, 3.8) is 0 Å². The molecule has 0 bridgehead atoms. The normalized spacial score (nSPS) is 19.1. The molecule has 3 aromatic rings. The molecule has 0 spiro atoms. The Bertz CT molecular complexity index is 1230. The van der Waals surface area contributed by atoms with E-state index in [9.17, 15) is 0 Å². The van der Waals surface area contributed by atoms with Gasteiger partial charge < -0.3 is 20.3 Å². The van der Waals surface area contributed by atoms with Crippen LogP contribution in [0.15, 0.2) is 59.0 Å². The molecule has 0 unspecified atom stereocenters. The molecule has 2 aromatic heterocycles. The van der Waals surface area contributed by atoms with Crippen molar-refractivity contribution in [3.8, 4) is 0 Å². The number of piperidine rings is 1. The predicted molar refractivity (Wildman–Crippen MR) is 156 cm³/mol. The smallest absolute Gasteiger partial charge is 0.232 e. The average Bonchev–Trinajstić information content (AvgIpc) is 2.93. The summed E-state index contributed by atoms with van der Waals surface area (Å²) in [5, 5.41) is 9.31. The third-order valence-corrected chi connectivity index (χ3v) is 8.55. The van der Waals surface area contributed by atoms with E-state index < -0.39 is 0 Å². The van der Waals surface area contributed by atoms with Gasteiger partial charge in [-0.1, -0.05) is 23.7 Å². The topological polar surface area (TPSA) is 88.1 Å². The second-order valence-corrected chi connectivity index (χ2v) is 11.6. The summed E-state index contributed by atoms with van der Waals surface area (Å²) in [6.07, 6.45) is 8.80. The van der Waals surface area contributed by atoms with E-state index in [1.165, 1.54) is 23.7 Å². The predicted octanol–water partition coefficient (Wildman–Crippen LogP) is 5.48. The zero-order valence-electron chi connectivity index (χ0n) is 21.4. The Hall–Kier alpha value is -2.53. The number of nitrogens with zero attached hydrogens (tertiary/aromatic N) is 5. The second kappa shape index (κ2) is 12.5. The fourth-order valence-corrected chi connectivity index (χ4v) is 6.07. The Balaban J connectivity index is 1.33. The number of thiocarbonyl (C=S) groups is 1. The van der Waals surface area contributed by atoms with E-state index in [0.717, 1.165) is 48.1 Å². The van der Waals surface area contributed by atoms with Crippen LogP contribution in [0.4, 0.5) is 11.8 Å². The molecular weight excluding hydrogens is 538 g/mol. The van der Waals surface area contributed by atoms with Crippen molar-refractivity contribution in [2.45, 2.75) is 60.7 Å². The third kappa shape index (κ3) is 6.72. The second-order valence-electron chi connectivity index (χ2n) is 9.77. The van der Waals surface area contributed by atoms with Gasteiger partial charge in [0.1, 0.15) is 10.8 Å². The first-order valence-corrected chi connectivity index (χ1v) is 14.6. The number of nitrogens with one attached hydrogen (secondary N) is 2. The van der Waals surface area contributed by atoms with Crippen molar-refractivity contribution in [1.29, 1.82) is 0 Å². The van der Waals surface area contributed by atoms with Gasteiger partial charge in [0.25, 0.3) is 0 Å². The molecule has 0 aliphatic carbocycles.